The third kappa shape index (κ3) is 3.49. The van der Waals surface area contributed by atoms with Gasteiger partial charge in [-0.15, -0.1) is 0 Å². The van der Waals surface area contributed by atoms with E-state index in [9.17, 15) is 9.18 Å². The Bertz CT molecular complexity index is 941. The van der Waals surface area contributed by atoms with E-state index in [-0.39, 0.29) is 51.3 Å². The first-order chi connectivity index (χ1) is 12.6. The molecule has 2 saturated heterocycles. The summed E-state index contributed by atoms with van der Waals surface area (Å²) in [6.07, 6.45) is 1.17. The number of ether oxygens (including phenoxy) is 1. The topological polar surface area (TPSA) is 71.5 Å². The fraction of sp³-hybridized carbons (Fsp3) is 0.500. The Hall–Kier alpha value is -1.20. The fourth-order valence-corrected chi connectivity index (χ4v) is 7.36. The molecule has 27 heavy (non-hydrogen) atoms. The van der Waals surface area contributed by atoms with Gasteiger partial charge in [-0.25, -0.2) is 0 Å². The molecule has 2 aromatic heterocycles. The van der Waals surface area contributed by atoms with E-state index in [1.807, 2.05) is 20.8 Å². The summed E-state index contributed by atoms with van der Waals surface area (Å²) >= 11 is 11.5. The molecule has 146 valence electrons. The number of piperazine rings is 1. The van der Waals surface area contributed by atoms with E-state index in [1.54, 1.807) is 4.90 Å². The number of carbonyl (C=O) groups excluding carboxylic acids is 1. The molecule has 4 rings (SSSR count). The second-order valence-electron chi connectivity index (χ2n) is 7.22. The number of hydrogen-bond donors (Lipinski definition) is 0. The van der Waals surface area contributed by atoms with Crippen LogP contribution >= 0.6 is 23.2 Å². The molecule has 11 heteroatoms. The Morgan fingerprint density at radius 1 is 1.30 bits per heavy atom. The Balaban J connectivity index is 1.63. The van der Waals surface area contributed by atoms with Gasteiger partial charge in [-0.2, -0.15) is 0 Å². The monoisotopic (exact) mass is 526 g/mol. The summed E-state index contributed by atoms with van der Waals surface area (Å²) in [4.78, 5) is 28.5. The van der Waals surface area contributed by atoms with E-state index < -0.39 is 11.4 Å². The van der Waals surface area contributed by atoms with Gasteiger partial charge in [0, 0.05) is 0 Å². The van der Waals surface area contributed by atoms with Crippen LogP contribution in [0.1, 0.15) is 20.8 Å². The van der Waals surface area contributed by atoms with Crippen LogP contribution in [0.2, 0.25) is 10.4 Å². The normalized spacial score (nSPS) is 22.3. The average molecular weight is 527 g/mol. The van der Waals surface area contributed by atoms with Crippen molar-refractivity contribution in [3.63, 3.8) is 0 Å². The molecule has 0 aromatic carbocycles. The molecule has 4 heterocycles. The summed E-state index contributed by atoms with van der Waals surface area (Å²) in [5.41, 5.74) is -0.481. The third-order valence-corrected chi connectivity index (χ3v) is 8.38. The summed E-state index contributed by atoms with van der Waals surface area (Å²) in [5.74, 6) is -0.182. The van der Waals surface area contributed by atoms with E-state index in [4.69, 9.17) is 27.9 Å². The minimum atomic E-state index is -0.714. The van der Waals surface area contributed by atoms with Crippen LogP contribution in [0, 0.1) is 5.82 Å². The van der Waals surface area contributed by atoms with Crippen LogP contribution in [0.3, 0.4) is 0 Å². The SMILES string of the molecule is CC(C)(C)OC(=O)N1C[C@@H]2[I-][C@H]1CN2c1nc(Cl)nc2c(F)c(Cl)ncc12. The minimum absolute atomic E-state index is 0.0509. The number of alkyl halides is 2. The molecule has 0 N–H and O–H groups in total. The van der Waals surface area contributed by atoms with Crippen molar-refractivity contribution in [2.75, 3.05) is 18.0 Å². The zero-order chi connectivity index (χ0) is 19.5. The zero-order valence-electron chi connectivity index (χ0n) is 14.7. The third-order valence-electron chi connectivity index (χ3n) is 4.16. The van der Waals surface area contributed by atoms with Crippen LogP contribution in [-0.4, -0.2) is 52.7 Å². The van der Waals surface area contributed by atoms with Gasteiger partial charge in [-0.1, -0.05) is 0 Å². The molecule has 2 bridgehead atoms. The van der Waals surface area contributed by atoms with Crippen LogP contribution in [-0.2, 0) is 4.74 Å². The molecule has 1 amide bonds. The summed E-state index contributed by atoms with van der Waals surface area (Å²) < 4.78 is 20.1. The van der Waals surface area contributed by atoms with Crippen LogP contribution < -0.4 is 26.1 Å². The second-order valence-corrected chi connectivity index (χ2v) is 11.5. The number of fused-ring (bicyclic) bond motifs is 3. The van der Waals surface area contributed by atoms with E-state index in [1.165, 1.54) is 6.20 Å². The summed E-state index contributed by atoms with van der Waals surface area (Å²) in [6, 6.07) is 0. The molecule has 2 aromatic rings. The maximum atomic E-state index is 14.3. The predicted octanol–water partition coefficient (Wildman–Crippen LogP) is 0.283. The summed E-state index contributed by atoms with van der Waals surface area (Å²) in [6.45, 7) is 6.70. The molecule has 0 radical (unpaired) electrons. The molecule has 0 aliphatic carbocycles. The number of hydrogen-bond acceptors (Lipinski definition) is 6. The molecule has 0 spiro atoms. The molecule has 0 saturated carbocycles. The summed E-state index contributed by atoms with van der Waals surface area (Å²) in [7, 11) is 0. The number of halogens is 4. The van der Waals surface area contributed by atoms with E-state index >= 15 is 0 Å². The van der Waals surface area contributed by atoms with Gasteiger partial charge in [-0.05, 0) is 0 Å². The molecule has 2 atom stereocenters. The molecular weight excluding hydrogens is 511 g/mol. The number of amides is 1. The van der Waals surface area contributed by atoms with E-state index in [2.05, 4.69) is 19.9 Å². The molecular formula is C16H16Cl2FIN5O2-. The summed E-state index contributed by atoms with van der Waals surface area (Å²) in [5, 5.41) is 0.153. The standard InChI is InChI=1S/C16H16Cl2FIN5O2/c1-16(2,3)27-15(26)25-6-8-20-9(25)5-24(8)13-7-4-21-12(17)10(19)11(7)22-14(18)23-13/h4,8-9H,5-6H2,1-3H3/q-1/t8-,9-/m1/s1. The van der Waals surface area contributed by atoms with Crippen molar-refractivity contribution in [3.05, 3.63) is 22.5 Å². The fourth-order valence-electron chi connectivity index (χ4n) is 3.07. The second kappa shape index (κ2) is 6.70. The van der Waals surface area contributed by atoms with E-state index in [0.29, 0.717) is 24.3 Å². The van der Waals surface area contributed by atoms with Gasteiger partial charge in [0.2, 0.25) is 0 Å². The zero-order valence-corrected chi connectivity index (χ0v) is 18.4. The van der Waals surface area contributed by atoms with Gasteiger partial charge in [0.1, 0.15) is 0 Å². The van der Waals surface area contributed by atoms with Crippen molar-refractivity contribution in [1.29, 1.82) is 0 Å². The van der Waals surface area contributed by atoms with Crippen molar-refractivity contribution in [2.45, 2.75) is 34.5 Å². The van der Waals surface area contributed by atoms with Crippen molar-refractivity contribution < 1.29 is 35.1 Å². The maximum absolute atomic E-state index is 14.3. The molecule has 2 aliphatic heterocycles. The Morgan fingerprint density at radius 2 is 2.04 bits per heavy atom. The number of pyridine rings is 1. The van der Waals surface area contributed by atoms with Gasteiger partial charge in [0.05, 0.1) is 0 Å². The van der Waals surface area contributed by atoms with Crippen LogP contribution in [0.25, 0.3) is 10.9 Å². The Kier molecular flexibility index (Phi) is 4.75. The van der Waals surface area contributed by atoms with Crippen molar-refractivity contribution in [3.8, 4) is 0 Å². The van der Waals surface area contributed by atoms with Crippen molar-refractivity contribution in [1.82, 2.24) is 19.9 Å². The van der Waals surface area contributed by atoms with Gasteiger partial charge >= 0.3 is 176 Å². The molecule has 0 unspecified atom stereocenters. The van der Waals surface area contributed by atoms with E-state index in [0.717, 1.165) is 0 Å². The van der Waals surface area contributed by atoms with Crippen molar-refractivity contribution >= 4 is 46.0 Å². The molecule has 2 aliphatic rings. The quantitative estimate of drug-likeness (QED) is 0.175. The van der Waals surface area contributed by atoms with Crippen LogP contribution in [0.4, 0.5) is 15.0 Å². The number of carbonyl (C=O) groups is 1. The average Bonchev–Trinajstić information content (AvgIpc) is 3.17. The first-order valence-electron chi connectivity index (χ1n) is 8.19. The van der Waals surface area contributed by atoms with Gasteiger partial charge < -0.3 is 0 Å². The van der Waals surface area contributed by atoms with Crippen molar-refractivity contribution in [2.24, 2.45) is 0 Å². The first-order valence-corrected chi connectivity index (χ1v) is 11.4. The predicted molar refractivity (Wildman–Crippen MR) is 95.2 cm³/mol. The van der Waals surface area contributed by atoms with Crippen LogP contribution in [0.15, 0.2) is 6.20 Å². The number of aromatic nitrogens is 3. The van der Waals surface area contributed by atoms with Gasteiger partial charge in [0.15, 0.2) is 0 Å². The van der Waals surface area contributed by atoms with Gasteiger partial charge in [-0.3, -0.25) is 0 Å². The molecule has 7 nitrogen and oxygen atoms in total. The number of anilines is 1. The molecule has 2 fully saturated rings. The van der Waals surface area contributed by atoms with Gasteiger partial charge in [0.25, 0.3) is 0 Å². The Morgan fingerprint density at radius 3 is 2.67 bits per heavy atom. The van der Waals surface area contributed by atoms with Crippen LogP contribution in [0.5, 0.6) is 0 Å². The number of rotatable bonds is 1. The Labute approximate surface area is 175 Å². The number of nitrogens with zero attached hydrogens (tertiary/aromatic N) is 5. The first kappa shape index (κ1) is 19.1.